The molecule has 1 aromatic heterocycles. The molecule has 1 atom stereocenters. The van der Waals surface area contributed by atoms with E-state index in [0.717, 1.165) is 5.56 Å². The number of aromatic nitrogens is 2. The third-order valence-electron chi connectivity index (χ3n) is 6.52. The second-order valence-corrected chi connectivity index (χ2v) is 9.58. The number of benzene rings is 2. The number of carbonyl (C=O) groups excluding carboxylic acids is 2. The van der Waals surface area contributed by atoms with Gasteiger partial charge in [0.25, 0.3) is 0 Å². The molecule has 2 amide bonds. The minimum absolute atomic E-state index is 0.00452. The van der Waals surface area contributed by atoms with Crippen molar-refractivity contribution in [3.05, 3.63) is 71.0 Å². The fourth-order valence-electron chi connectivity index (χ4n) is 4.47. The Morgan fingerprint density at radius 1 is 1.11 bits per heavy atom. The van der Waals surface area contributed by atoms with Gasteiger partial charge in [0.2, 0.25) is 18.6 Å². The van der Waals surface area contributed by atoms with E-state index in [9.17, 15) is 19.5 Å². The van der Waals surface area contributed by atoms with Crippen LogP contribution in [-0.4, -0.2) is 52.6 Å². The summed E-state index contributed by atoms with van der Waals surface area (Å²) in [5, 5.41) is 16.7. The van der Waals surface area contributed by atoms with Crippen LogP contribution in [0.5, 0.6) is 11.5 Å². The number of hydrogen-bond acceptors (Lipinski definition) is 6. The molecule has 0 fully saturated rings. The summed E-state index contributed by atoms with van der Waals surface area (Å²) in [4.78, 5) is 39.7. The van der Waals surface area contributed by atoms with Crippen LogP contribution in [0, 0.1) is 6.92 Å². The molecule has 10 nitrogen and oxygen atoms in total. The molecule has 0 aliphatic carbocycles. The van der Waals surface area contributed by atoms with Gasteiger partial charge in [-0.05, 0) is 30.5 Å². The number of carbonyl (C=O) groups is 3. The minimum atomic E-state index is -0.959. The minimum Gasteiger partial charge on any atom is -0.481 e. The maximum Gasteiger partial charge on any atom is 0.307 e. The summed E-state index contributed by atoms with van der Waals surface area (Å²) in [6.07, 6.45) is 0.121. The van der Waals surface area contributed by atoms with Crippen molar-refractivity contribution in [2.45, 2.75) is 52.1 Å². The van der Waals surface area contributed by atoms with Crippen LogP contribution in [0.15, 0.2) is 48.5 Å². The van der Waals surface area contributed by atoms with E-state index in [1.807, 2.05) is 44.2 Å². The lowest BCUT2D eigenvalue weighted by Gasteiger charge is -2.25. The first-order valence-corrected chi connectivity index (χ1v) is 12.4. The first kappa shape index (κ1) is 26.7. The highest BCUT2D eigenvalue weighted by Crippen LogP contribution is 2.35. The third kappa shape index (κ3) is 5.96. The Morgan fingerprint density at radius 3 is 2.50 bits per heavy atom. The highest BCUT2D eigenvalue weighted by atomic mass is 16.7. The molecule has 0 saturated carbocycles. The van der Waals surface area contributed by atoms with Crippen molar-refractivity contribution in [3.63, 3.8) is 0 Å². The molecule has 0 bridgehead atoms. The summed E-state index contributed by atoms with van der Waals surface area (Å²) in [6, 6.07) is 13.8. The van der Waals surface area contributed by atoms with Gasteiger partial charge < -0.3 is 24.8 Å². The van der Waals surface area contributed by atoms with Crippen molar-refractivity contribution < 1.29 is 29.0 Å². The van der Waals surface area contributed by atoms with Crippen molar-refractivity contribution in [1.29, 1.82) is 0 Å². The van der Waals surface area contributed by atoms with Gasteiger partial charge in [-0.1, -0.05) is 44.2 Å². The van der Waals surface area contributed by atoms with Crippen LogP contribution < -0.4 is 19.7 Å². The first-order chi connectivity index (χ1) is 18.1. The summed E-state index contributed by atoms with van der Waals surface area (Å²) >= 11 is 0. The molecule has 200 valence electrons. The van der Waals surface area contributed by atoms with Gasteiger partial charge in [-0.25, -0.2) is 0 Å². The van der Waals surface area contributed by atoms with E-state index in [-0.39, 0.29) is 31.6 Å². The number of anilines is 1. The topological polar surface area (TPSA) is 123 Å². The number of amides is 2. The largest absolute Gasteiger partial charge is 0.481 e. The van der Waals surface area contributed by atoms with Crippen LogP contribution in [0.4, 0.5) is 5.69 Å². The lowest BCUT2D eigenvalue weighted by Crippen LogP contribution is -2.49. The average molecular weight is 521 g/mol. The van der Waals surface area contributed by atoms with E-state index in [2.05, 4.69) is 10.4 Å². The van der Waals surface area contributed by atoms with Gasteiger partial charge in [-0.15, -0.1) is 0 Å². The summed E-state index contributed by atoms with van der Waals surface area (Å²) in [5.41, 5.74) is 3.38. The Hall–Kier alpha value is -4.34. The zero-order valence-electron chi connectivity index (χ0n) is 21.9. The smallest absolute Gasteiger partial charge is 0.307 e. The average Bonchev–Trinajstić information content (AvgIpc) is 3.47. The molecule has 2 aromatic carbocycles. The van der Waals surface area contributed by atoms with Crippen LogP contribution in [0.3, 0.4) is 0 Å². The highest BCUT2D eigenvalue weighted by Gasteiger charge is 2.28. The molecule has 10 heteroatoms. The Bertz CT molecular complexity index is 1330. The van der Waals surface area contributed by atoms with E-state index < -0.39 is 17.9 Å². The molecule has 2 N–H and O–H groups in total. The normalized spacial score (nSPS) is 12.9. The predicted octanol–water partition coefficient (Wildman–Crippen LogP) is 3.06. The first-order valence-electron chi connectivity index (χ1n) is 12.4. The van der Waals surface area contributed by atoms with E-state index >= 15 is 0 Å². The number of carboxylic acids is 1. The molecular weight excluding hydrogens is 488 g/mol. The number of nitrogens with one attached hydrogen (secondary N) is 1. The van der Waals surface area contributed by atoms with E-state index in [0.29, 0.717) is 40.6 Å². The number of hydrogen-bond donors (Lipinski definition) is 2. The monoisotopic (exact) mass is 520 g/mol. The number of rotatable bonds is 10. The summed E-state index contributed by atoms with van der Waals surface area (Å²) in [7, 11) is 1.65. The van der Waals surface area contributed by atoms with Crippen molar-refractivity contribution in [3.8, 4) is 11.5 Å². The molecule has 38 heavy (non-hydrogen) atoms. The Labute approximate surface area is 221 Å². The van der Waals surface area contributed by atoms with Gasteiger partial charge in [0.1, 0.15) is 12.6 Å². The number of nitrogens with zero attached hydrogens (tertiary/aromatic N) is 3. The molecular formula is C28H32N4O6. The second-order valence-electron chi connectivity index (χ2n) is 9.58. The fraction of sp³-hybridized carbons (Fsp3) is 0.357. The van der Waals surface area contributed by atoms with Crippen LogP contribution >= 0.6 is 0 Å². The van der Waals surface area contributed by atoms with Gasteiger partial charge in [-0.2, -0.15) is 5.10 Å². The standard InChI is InChI=1S/C28H32N4O6/c1-17(2)27-21(14-26(34)35)18(3)32(30-27)15-25(33)29-22(12-19-8-6-5-7-9-19)28(36)31(4)20-10-11-23-24(13-20)38-16-37-23/h5-11,13,17,22H,12,14-16H2,1-4H3,(H,29,33)(H,34,35)/t22-/m0/s1. The van der Waals surface area contributed by atoms with Crippen molar-refractivity contribution in [2.75, 3.05) is 18.7 Å². The Balaban J connectivity index is 1.55. The van der Waals surface area contributed by atoms with Crippen LogP contribution in [-0.2, 0) is 33.8 Å². The molecule has 0 radical (unpaired) electrons. The van der Waals surface area contributed by atoms with E-state index in [1.165, 1.54) is 9.58 Å². The molecule has 1 aliphatic heterocycles. The second kappa shape index (κ2) is 11.4. The zero-order chi connectivity index (χ0) is 27.4. The molecule has 3 aromatic rings. The maximum atomic E-state index is 13.6. The van der Waals surface area contributed by atoms with E-state index in [4.69, 9.17) is 9.47 Å². The number of likely N-dealkylation sites (N-methyl/N-ethyl adjacent to an activating group) is 1. The van der Waals surface area contributed by atoms with Crippen molar-refractivity contribution in [2.24, 2.45) is 0 Å². The van der Waals surface area contributed by atoms with Gasteiger partial charge in [0, 0.05) is 36.5 Å². The molecule has 0 saturated heterocycles. The summed E-state index contributed by atoms with van der Waals surface area (Å²) in [5.74, 6) is -0.498. The molecule has 0 unspecified atom stereocenters. The van der Waals surface area contributed by atoms with Gasteiger partial charge in [0.15, 0.2) is 11.5 Å². The summed E-state index contributed by atoms with van der Waals surface area (Å²) < 4.78 is 12.3. The van der Waals surface area contributed by atoms with Crippen molar-refractivity contribution >= 4 is 23.5 Å². The Kier molecular flexibility index (Phi) is 7.99. The molecule has 2 heterocycles. The van der Waals surface area contributed by atoms with E-state index in [1.54, 1.807) is 32.2 Å². The van der Waals surface area contributed by atoms with Gasteiger partial charge in [-0.3, -0.25) is 19.1 Å². The number of aliphatic carboxylic acids is 1. The maximum absolute atomic E-state index is 13.6. The SMILES string of the molecule is Cc1c(CC(=O)O)c(C(C)C)nn1CC(=O)N[C@@H](Cc1ccccc1)C(=O)N(C)c1ccc2c(c1)OCO2. The lowest BCUT2D eigenvalue weighted by atomic mass is 10.0. The molecule has 1 aliphatic rings. The fourth-order valence-corrected chi connectivity index (χ4v) is 4.47. The van der Waals surface area contributed by atoms with Crippen LogP contribution in [0.1, 0.15) is 42.3 Å². The number of carboxylic acid groups (broad SMARTS) is 1. The molecule has 0 spiro atoms. The number of fused-ring (bicyclic) bond motifs is 1. The van der Waals surface area contributed by atoms with Gasteiger partial charge in [0.05, 0.1) is 12.1 Å². The zero-order valence-corrected chi connectivity index (χ0v) is 21.9. The third-order valence-corrected chi connectivity index (χ3v) is 6.52. The predicted molar refractivity (Wildman–Crippen MR) is 140 cm³/mol. The van der Waals surface area contributed by atoms with Crippen LogP contribution in [0.2, 0.25) is 0 Å². The Morgan fingerprint density at radius 2 is 1.82 bits per heavy atom. The number of ether oxygens (including phenoxy) is 2. The summed E-state index contributed by atoms with van der Waals surface area (Å²) in [6.45, 7) is 5.60. The van der Waals surface area contributed by atoms with Gasteiger partial charge >= 0.3 is 5.97 Å². The van der Waals surface area contributed by atoms with Crippen LogP contribution in [0.25, 0.3) is 0 Å². The molecule has 4 rings (SSSR count). The van der Waals surface area contributed by atoms with Crippen molar-refractivity contribution in [1.82, 2.24) is 15.1 Å². The lowest BCUT2D eigenvalue weighted by molar-refractivity contribution is -0.136. The highest BCUT2D eigenvalue weighted by molar-refractivity contribution is 5.99. The quantitative estimate of drug-likeness (QED) is 0.421.